The Morgan fingerprint density at radius 2 is 1.93 bits per heavy atom. The Morgan fingerprint density at radius 1 is 1.20 bits per heavy atom. The van der Waals surface area contributed by atoms with Gasteiger partial charge in [0.2, 0.25) is 0 Å². The lowest BCUT2D eigenvalue weighted by molar-refractivity contribution is -0.0271. The van der Waals surface area contributed by atoms with E-state index in [4.69, 9.17) is 4.74 Å². The molecule has 0 aromatic carbocycles. The highest BCUT2D eigenvalue weighted by molar-refractivity contribution is 4.88. The number of hydrogen-bond acceptors (Lipinski definition) is 3. The van der Waals surface area contributed by atoms with Crippen molar-refractivity contribution in [2.24, 2.45) is 5.92 Å². The van der Waals surface area contributed by atoms with E-state index in [1.807, 2.05) is 7.11 Å². The van der Waals surface area contributed by atoms with E-state index in [1.54, 1.807) is 0 Å². The van der Waals surface area contributed by atoms with Crippen molar-refractivity contribution in [3.8, 4) is 0 Å². The molecule has 1 aliphatic heterocycles. The predicted octanol–water partition coefficient (Wildman–Crippen LogP) is 1.10. The zero-order valence-electron chi connectivity index (χ0n) is 10.0. The molecule has 2 aliphatic rings. The van der Waals surface area contributed by atoms with Crippen molar-refractivity contribution >= 4 is 0 Å². The Balaban J connectivity index is 1.93. The molecule has 15 heavy (non-hydrogen) atoms. The summed E-state index contributed by atoms with van der Waals surface area (Å²) in [5.74, 6) is 0.842. The van der Waals surface area contributed by atoms with E-state index >= 15 is 0 Å². The highest BCUT2D eigenvalue weighted by atomic mass is 16.5. The molecular formula is C12H24N2O. The first-order chi connectivity index (χ1) is 7.31. The van der Waals surface area contributed by atoms with Crippen molar-refractivity contribution in [2.75, 3.05) is 33.3 Å². The molecule has 88 valence electrons. The van der Waals surface area contributed by atoms with Crippen molar-refractivity contribution in [3.63, 3.8) is 0 Å². The lowest BCUT2D eigenvalue weighted by atomic mass is 9.84. The van der Waals surface area contributed by atoms with Crippen LogP contribution < -0.4 is 5.32 Å². The molecule has 2 fully saturated rings. The van der Waals surface area contributed by atoms with E-state index < -0.39 is 0 Å². The van der Waals surface area contributed by atoms with Gasteiger partial charge in [0.15, 0.2) is 0 Å². The zero-order valence-corrected chi connectivity index (χ0v) is 10.0. The van der Waals surface area contributed by atoms with E-state index in [0.717, 1.165) is 19.0 Å². The molecule has 1 saturated heterocycles. The van der Waals surface area contributed by atoms with Crippen LogP contribution in [0.4, 0.5) is 0 Å². The summed E-state index contributed by atoms with van der Waals surface area (Å²) in [6.07, 6.45) is 4.39. The maximum atomic E-state index is 5.67. The van der Waals surface area contributed by atoms with Crippen LogP contribution in [0, 0.1) is 5.92 Å². The van der Waals surface area contributed by atoms with Gasteiger partial charge in [-0.15, -0.1) is 0 Å². The minimum atomic E-state index is 0.465. The molecule has 0 aromatic rings. The summed E-state index contributed by atoms with van der Waals surface area (Å²) < 4.78 is 5.67. The van der Waals surface area contributed by atoms with Gasteiger partial charge in [0.05, 0.1) is 6.10 Å². The van der Waals surface area contributed by atoms with Gasteiger partial charge in [0, 0.05) is 39.3 Å². The average molecular weight is 212 g/mol. The predicted molar refractivity (Wildman–Crippen MR) is 62.0 cm³/mol. The number of nitrogens with one attached hydrogen (secondary N) is 1. The molecule has 1 saturated carbocycles. The lowest BCUT2D eigenvalue weighted by Gasteiger charge is -2.42. The van der Waals surface area contributed by atoms with Crippen LogP contribution in [0.1, 0.15) is 26.2 Å². The van der Waals surface area contributed by atoms with Crippen molar-refractivity contribution in [1.29, 1.82) is 0 Å². The van der Waals surface area contributed by atoms with E-state index in [9.17, 15) is 0 Å². The second kappa shape index (κ2) is 5.28. The van der Waals surface area contributed by atoms with Gasteiger partial charge in [-0.05, 0) is 25.2 Å². The van der Waals surface area contributed by atoms with Gasteiger partial charge < -0.3 is 10.1 Å². The summed E-state index contributed by atoms with van der Waals surface area (Å²) in [4.78, 5) is 2.62. The van der Waals surface area contributed by atoms with E-state index in [0.29, 0.717) is 12.1 Å². The topological polar surface area (TPSA) is 24.5 Å². The van der Waals surface area contributed by atoms with Gasteiger partial charge in [-0.1, -0.05) is 6.92 Å². The largest absolute Gasteiger partial charge is 0.380 e. The summed E-state index contributed by atoms with van der Waals surface area (Å²) in [7, 11) is 1.87. The number of hydrogen-bond donors (Lipinski definition) is 1. The Bertz CT molecular complexity index is 190. The second-order valence-electron chi connectivity index (χ2n) is 5.05. The highest BCUT2D eigenvalue weighted by Gasteiger charge is 2.33. The maximum absolute atomic E-state index is 5.67. The van der Waals surface area contributed by atoms with Crippen LogP contribution in [0.2, 0.25) is 0 Å². The maximum Gasteiger partial charge on any atom is 0.0729 e. The number of nitrogens with zero attached hydrogens (tertiary/aromatic N) is 1. The van der Waals surface area contributed by atoms with Crippen molar-refractivity contribution in [3.05, 3.63) is 0 Å². The van der Waals surface area contributed by atoms with Crippen molar-refractivity contribution in [1.82, 2.24) is 10.2 Å². The van der Waals surface area contributed by atoms with Gasteiger partial charge >= 0.3 is 0 Å². The first-order valence-electron chi connectivity index (χ1n) is 6.29. The fraction of sp³-hybridized carbons (Fsp3) is 1.00. The zero-order chi connectivity index (χ0) is 10.7. The van der Waals surface area contributed by atoms with Crippen LogP contribution >= 0.6 is 0 Å². The first-order valence-corrected chi connectivity index (χ1v) is 6.29. The summed E-state index contributed by atoms with van der Waals surface area (Å²) in [6, 6.07) is 0.674. The third-order valence-corrected chi connectivity index (χ3v) is 3.94. The SMILES string of the molecule is COC1CC(C)CCC1N1CCNCC1. The van der Waals surface area contributed by atoms with Crippen LogP contribution in [-0.4, -0.2) is 50.3 Å². The molecule has 0 aromatic heterocycles. The molecule has 3 atom stereocenters. The highest BCUT2D eigenvalue weighted by Crippen LogP contribution is 2.29. The Morgan fingerprint density at radius 3 is 2.60 bits per heavy atom. The molecule has 0 amide bonds. The molecule has 3 nitrogen and oxygen atoms in total. The molecule has 1 N–H and O–H groups in total. The van der Waals surface area contributed by atoms with Crippen molar-refractivity contribution in [2.45, 2.75) is 38.3 Å². The third-order valence-electron chi connectivity index (χ3n) is 3.94. The Hall–Kier alpha value is -0.120. The molecule has 0 radical (unpaired) electrons. The van der Waals surface area contributed by atoms with Gasteiger partial charge in [0.1, 0.15) is 0 Å². The van der Waals surface area contributed by atoms with Gasteiger partial charge in [-0.3, -0.25) is 4.90 Å². The Labute approximate surface area is 93.2 Å². The molecule has 3 heteroatoms. The number of methoxy groups -OCH3 is 1. The molecule has 2 rings (SSSR count). The van der Waals surface area contributed by atoms with Crippen LogP contribution in [0.5, 0.6) is 0 Å². The fourth-order valence-corrected chi connectivity index (χ4v) is 3.00. The van der Waals surface area contributed by atoms with Gasteiger partial charge in [-0.2, -0.15) is 0 Å². The summed E-state index contributed by atoms with van der Waals surface area (Å²) in [5, 5.41) is 3.41. The van der Waals surface area contributed by atoms with E-state index in [1.165, 1.54) is 32.4 Å². The quantitative estimate of drug-likeness (QED) is 0.742. The minimum Gasteiger partial charge on any atom is -0.380 e. The van der Waals surface area contributed by atoms with Crippen LogP contribution in [-0.2, 0) is 4.74 Å². The smallest absolute Gasteiger partial charge is 0.0729 e. The van der Waals surface area contributed by atoms with Gasteiger partial charge in [0.25, 0.3) is 0 Å². The normalized spacial score (nSPS) is 39.2. The summed E-state index contributed by atoms with van der Waals surface area (Å²) in [5.41, 5.74) is 0. The molecule has 0 spiro atoms. The molecule has 0 bridgehead atoms. The third kappa shape index (κ3) is 2.71. The lowest BCUT2D eigenvalue weighted by Crippen LogP contribution is -2.54. The standard InChI is InChI=1S/C12H24N2O/c1-10-3-4-11(12(9-10)15-2)14-7-5-13-6-8-14/h10-13H,3-9H2,1-2H3. The van der Waals surface area contributed by atoms with E-state index in [2.05, 4.69) is 17.1 Å². The fourth-order valence-electron chi connectivity index (χ4n) is 3.00. The first kappa shape index (κ1) is 11.4. The molecule has 1 heterocycles. The molecular weight excluding hydrogens is 188 g/mol. The Kier molecular flexibility index (Phi) is 4.00. The minimum absolute atomic E-state index is 0.465. The van der Waals surface area contributed by atoms with Crippen LogP contribution in [0.3, 0.4) is 0 Å². The summed E-state index contributed by atoms with van der Waals surface area (Å²) in [6.45, 7) is 7.02. The van der Waals surface area contributed by atoms with Crippen LogP contribution in [0.15, 0.2) is 0 Å². The number of rotatable bonds is 2. The van der Waals surface area contributed by atoms with Crippen LogP contribution in [0.25, 0.3) is 0 Å². The number of ether oxygens (including phenoxy) is 1. The molecule has 3 unspecified atom stereocenters. The average Bonchev–Trinajstić information content (AvgIpc) is 2.30. The van der Waals surface area contributed by atoms with Gasteiger partial charge in [-0.25, -0.2) is 0 Å². The second-order valence-corrected chi connectivity index (χ2v) is 5.05. The summed E-state index contributed by atoms with van der Waals surface area (Å²) >= 11 is 0. The molecule has 1 aliphatic carbocycles. The number of piperazine rings is 1. The van der Waals surface area contributed by atoms with E-state index in [-0.39, 0.29) is 0 Å². The van der Waals surface area contributed by atoms with Crippen molar-refractivity contribution < 1.29 is 4.74 Å². The monoisotopic (exact) mass is 212 g/mol.